The van der Waals surface area contributed by atoms with Crippen LogP contribution in [-0.4, -0.2) is 47.1 Å². The molecule has 1 saturated heterocycles. The topological polar surface area (TPSA) is 85.4 Å². The number of rotatable bonds is 3. The summed E-state index contributed by atoms with van der Waals surface area (Å²) >= 11 is 0. The third-order valence-electron chi connectivity index (χ3n) is 9.05. The first kappa shape index (κ1) is 22.8. The summed E-state index contributed by atoms with van der Waals surface area (Å²) in [5.74, 6) is 0.190. The van der Waals surface area contributed by atoms with Gasteiger partial charge < -0.3 is 19.3 Å². The largest absolute Gasteiger partial charge is 0.462 e. The van der Waals surface area contributed by atoms with Gasteiger partial charge in [-0.2, -0.15) is 0 Å². The van der Waals surface area contributed by atoms with E-state index in [-0.39, 0.29) is 59.3 Å². The summed E-state index contributed by atoms with van der Waals surface area (Å²) in [4.78, 5) is 24.2. The lowest BCUT2D eigenvalue weighted by Gasteiger charge is -2.50. The molecule has 0 amide bonds. The first-order valence-electron chi connectivity index (χ1n) is 11.9. The van der Waals surface area contributed by atoms with Crippen molar-refractivity contribution in [2.24, 2.45) is 29.1 Å². The van der Waals surface area contributed by atoms with Crippen molar-refractivity contribution in [3.63, 3.8) is 0 Å². The van der Waals surface area contributed by atoms with E-state index in [9.17, 15) is 14.7 Å². The molecule has 3 saturated carbocycles. The molecule has 1 aliphatic heterocycles. The maximum Gasteiger partial charge on any atom is 0.305 e. The van der Waals surface area contributed by atoms with Crippen molar-refractivity contribution in [3.05, 3.63) is 12.2 Å². The molecule has 6 heteroatoms. The van der Waals surface area contributed by atoms with Crippen LogP contribution in [0.1, 0.15) is 73.1 Å². The number of hydrogen-bond acceptors (Lipinski definition) is 6. The van der Waals surface area contributed by atoms with Gasteiger partial charge in [0.25, 0.3) is 0 Å². The first-order chi connectivity index (χ1) is 14.5. The molecule has 0 unspecified atom stereocenters. The fourth-order valence-corrected chi connectivity index (χ4v) is 6.94. The summed E-state index contributed by atoms with van der Waals surface area (Å²) in [5.41, 5.74) is 0.346. The standard InChI is InChI=1S/C25H38O6/c1-7-22(28)30-20-11-16-10-19(27)25(6)21(31-25)12-18(29-15(4)26)14(3)17-8-9-24(20,5)23(17)13(16)2/h14,16-21,23,27H,2,7-12H2,1,3-6H3/t14-,16+,17-,18-,19+,20-,21-,23+,24+,25-/m0/s1. The van der Waals surface area contributed by atoms with Crippen molar-refractivity contribution in [1.82, 2.24) is 0 Å². The van der Waals surface area contributed by atoms with Gasteiger partial charge in [-0.05, 0) is 56.3 Å². The normalized spacial score (nSPS) is 48.9. The van der Waals surface area contributed by atoms with Crippen molar-refractivity contribution in [3.8, 4) is 0 Å². The zero-order valence-corrected chi connectivity index (χ0v) is 19.6. The molecule has 3 aliphatic carbocycles. The summed E-state index contributed by atoms with van der Waals surface area (Å²) in [6, 6.07) is 0. The summed E-state index contributed by atoms with van der Waals surface area (Å²) in [5, 5.41) is 11.1. The van der Waals surface area contributed by atoms with Crippen molar-refractivity contribution >= 4 is 11.9 Å². The Morgan fingerprint density at radius 3 is 2.58 bits per heavy atom. The van der Waals surface area contributed by atoms with E-state index in [1.807, 2.05) is 13.8 Å². The second-order valence-electron chi connectivity index (χ2n) is 10.8. The lowest BCUT2D eigenvalue weighted by molar-refractivity contribution is -0.163. The molecule has 4 fully saturated rings. The number of epoxide rings is 1. The Morgan fingerprint density at radius 2 is 1.94 bits per heavy atom. The predicted octanol–water partition coefficient (Wildman–Crippen LogP) is 3.80. The summed E-state index contributed by atoms with van der Waals surface area (Å²) < 4.78 is 17.8. The zero-order chi connectivity index (χ0) is 22.7. The highest BCUT2D eigenvalue weighted by molar-refractivity contribution is 5.69. The molecule has 6 nitrogen and oxygen atoms in total. The SMILES string of the molecule is C=C1[C@H]2C[C@H](OC(=O)CC)[C@@]3(C)CC[C@@H]([C@H](C)[C@@H](OC(C)=O)C[C@@H]4O[C@@]4(C)[C@H](O)C2)[C@@H]13. The van der Waals surface area contributed by atoms with Gasteiger partial charge in [0.05, 0.1) is 12.2 Å². The number of carbonyl (C=O) groups is 2. The maximum absolute atomic E-state index is 12.3. The quantitative estimate of drug-likeness (QED) is 0.413. The van der Waals surface area contributed by atoms with Crippen LogP contribution in [0, 0.1) is 29.1 Å². The summed E-state index contributed by atoms with van der Waals surface area (Å²) in [6.45, 7) is 14.2. The van der Waals surface area contributed by atoms with Crippen molar-refractivity contribution < 1.29 is 28.9 Å². The maximum atomic E-state index is 12.3. The molecule has 1 heterocycles. The van der Waals surface area contributed by atoms with E-state index >= 15 is 0 Å². The minimum atomic E-state index is -0.641. The Balaban J connectivity index is 1.73. The van der Waals surface area contributed by atoms with E-state index in [1.165, 1.54) is 6.92 Å². The third kappa shape index (κ3) is 3.74. The average Bonchev–Trinajstić information content (AvgIpc) is 3.21. The van der Waals surface area contributed by atoms with E-state index in [0.717, 1.165) is 18.4 Å². The Kier molecular flexibility index (Phi) is 5.79. The van der Waals surface area contributed by atoms with E-state index < -0.39 is 11.7 Å². The van der Waals surface area contributed by atoms with Crippen LogP contribution in [0.3, 0.4) is 0 Å². The highest BCUT2D eigenvalue weighted by Gasteiger charge is 2.63. The lowest BCUT2D eigenvalue weighted by Crippen LogP contribution is -2.49. The number of aliphatic hydroxyl groups excluding tert-OH is 1. The van der Waals surface area contributed by atoms with Crippen LogP contribution < -0.4 is 0 Å². The van der Waals surface area contributed by atoms with Gasteiger partial charge >= 0.3 is 11.9 Å². The number of aliphatic hydroxyl groups is 1. The van der Waals surface area contributed by atoms with Crippen LogP contribution in [0.25, 0.3) is 0 Å². The second-order valence-corrected chi connectivity index (χ2v) is 10.8. The molecule has 2 bridgehead atoms. The van der Waals surface area contributed by atoms with Gasteiger partial charge in [0.15, 0.2) is 0 Å². The van der Waals surface area contributed by atoms with E-state index in [2.05, 4.69) is 20.4 Å². The Labute approximate surface area is 185 Å². The highest BCUT2D eigenvalue weighted by Crippen LogP contribution is 2.62. The molecule has 0 aromatic heterocycles. The molecule has 0 spiro atoms. The third-order valence-corrected chi connectivity index (χ3v) is 9.05. The molecule has 0 aromatic rings. The van der Waals surface area contributed by atoms with Gasteiger partial charge in [0.1, 0.15) is 17.8 Å². The monoisotopic (exact) mass is 434 g/mol. The number of esters is 2. The van der Waals surface area contributed by atoms with Crippen molar-refractivity contribution in [2.45, 2.75) is 103 Å². The molecule has 0 aromatic carbocycles. The van der Waals surface area contributed by atoms with Gasteiger partial charge in [-0.1, -0.05) is 32.9 Å². The van der Waals surface area contributed by atoms with Crippen LogP contribution >= 0.6 is 0 Å². The summed E-state index contributed by atoms with van der Waals surface area (Å²) in [7, 11) is 0. The highest BCUT2D eigenvalue weighted by atomic mass is 16.6. The Bertz CT molecular complexity index is 763. The number of fused-ring (bicyclic) bond motifs is 2. The molecular weight excluding hydrogens is 396 g/mol. The predicted molar refractivity (Wildman–Crippen MR) is 115 cm³/mol. The molecule has 31 heavy (non-hydrogen) atoms. The average molecular weight is 435 g/mol. The fourth-order valence-electron chi connectivity index (χ4n) is 6.94. The van der Waals surface area contributed by atoms with Crippen LogP contribution in [0.5, 0.6) is 0 Å². The first-order valence-corrected chi connectivity index (χ1v) is 11.9. The van der Waals surface area contributed by atoms with Gasteiger partial charge in [0, 0.05) is 25.2 Å². The lowest BCUT2D eigenvalue weighted by atomic mass is 9.58. The van der Waals surface area contributed by atoms with Gasteiger partial charge in [-0.15, -0.1) is 0 Å². The van der Waals surface area contributed by atoms with Gasteiger partial charge in [-0.3, -0.25) is 9.59 Å². The van der Waals surface area contributed by atoms with E-state index in [4.69, 9.17) is 14.2 Å². The van der Waals surface area contributed by atoms with Crippen LogP contribution in [0.4, 0.5) is 0 Å². The molecule has 174 valence electrons. The number of allylic oxidation sites excluding steroid dienone is 1. The Morgan fingerprint density at radius 1 is 1.23 bits per heavy atom. The zero-order valence-electron chi connectivity index (χ0n) is 19.6. The van der Waals surface area contributed by atoms with Crippen LogP contribution in [0.15, 0.2) is 12.2 Å². The molecule has 4 aliphatic rings. The minimum Gasteiger partial charge on any atom is -0.462 e. The van der Waals surface area contributed by atoms with Gasteiger partial charge in [-0.25, -0.2) is 0 Å². The summed E-state index contributed by atoms with van der Waals surface area (Å²) in [6.07, 6.45) is 2.91. The van der Waals surface area contributed by atoms with E-state index in [0.29, 0.717) is 25.7 Å². The smallest absolute Gasteiger partial charge is 0.305 e. The van der Waals surface area contributed by atoms with Gasteiger partial charge in [0.2, 0.25) is 0 Å². The molecule has 0 radical (unpaired) electrons. The van der Waals surface area contributed by atoms with Crippen LogP contribution in [-0.2, 0) is 23.8 Å². The van der Waals surface area contributed by atoms with Crippen molar-refractivity contribution in [2.75, 3.05) is 0 Å². The molecule has 4 rings (SSSR count). The molecule has 10 atom stereocenters. The number of hydrogen-bond donors (Lipinski definition) is 1. The molecule has 1 N–H and O–H groups in total. The van der Waals surface area contributed by atoms with E-state index in [1.54, 1.807) is 0 Å². The number of ether oxygens (including phenoxy) is 3. The van der Waals surface area contributed by atoms with Crippen molar-refractivity contribution in [1.29, 1.82) is 0 Å². The van der Waals surface area contributed by atoms with Crippen LogP contribution in [0.2, 0.25) is 0 Å². The second kappa shape index (κ2) is 7.87. The number of carbonyl (C=O) groups excluding carboxylic acids is 2. The minimum absolute atomic E-state index is 0.0717. The molecular formula is C25H38O6. The fraction of sp³-hybridized carbons (Fsp3) is 0.840. The Hall–Kier alpha value is -1.40.